The summed E-state index contributed by atoms with van der Waals surface area (Å²) in [6.07, 6.45) is 8.39. The lowest BCUT2D eigenvalue weighted by Gasteiger charge is -2.23. The molecule has 0 unspecified atom stereocenters. The van der Waals surface area contributed by atoms with Crippen molar-refractivity contribution >= 4 is 44.8 Å². The molecule has 0 amide bonds. The molecule has 0 aliphatic rings. The lowest BCUT2D eigenvalue weighted by Crippen LogP contribution is -2.33. The first-order valence-electron chi connectivity index (χ1n) is 18.0. The van der Waals surface area contributed by atoms with Gasteiger partial charge >= 0.3 is 0 Å². The molecule has 1 aromatic heterocycles. The van der Waals surface area contributed by atoms with E-state index in [4.69, 9.17) is 4.55 Å². The van der Waals surface area contributed by atoms with Crippen LogP contribution in [0.25, 0.3) is 23.3 Å². The van der Waals surface area contributed by atoms with Gasteiger partial charge in [-0.2, -0.15) is 8.42 Å². The first-order valence-corrected chi connectivity index (χ1v) is 19.6. The Labute approximate surface area is 304 Å². The molecule has 1 N–H and O–H groups in total. The largest absolute Gasteiger partial charge is 0.372 e. The summed E-state index contributed by atoms with van der Waals surface area (Å²) in [7, 11) is -3.94. The molecule has 0 spiro atoms. The molecule has 0 radical (unpaired) electrons. The molecule has 1 heterocycles. The molecule has 5 aromatic rings. The first-order chi connectivity index (χ1) is 24.7. The summed E-state index contributed by atoms with van der Waals surface area (Å²) in [6, 6.07) is 41.5. The highest BCUT2D eigenvalue weighted by atomic mass is 32.2. The van der Waals surface area contributed by atoms with E-state index in [1.807, 2.05) is 29.1 Å². The van der Waals surface area contributed by atoms with Gasteiger partial charge in [-0.1, -0.05) is 91.0 Å². The van der Waals surface area contributed by atoms with Crippen LogP contribution in [0.1, 0.15) is 67.5 Å². The minimum Gasteiger partial charge on any atom is -0.372 e. The molecule has 6 nitrogen and oxygen atoms in total. The summed E-state index contributed by atoms with van der Waals surface area (Å²) in [5.41, 5.74) is 11.6. The minimum absolute atomic E-state index is 0.244. The Morgan fingerprint density at radius 1 is 0.569 bits per heavy atom. The summed E-state index contributed by atoms with van der Waals surface area (Å²) < 4.78 is 32.9. The molecule has 0 aliphatic heterocycles. The molecule has 264 valence electrons. The summed E-state index contributed by atoms with van der Waals surface area (Å²) in [5.74, 6) is -0.244. The Kier molecular flexibility index (Phi) is 13.0. The molecule has 0 aliphatic carbocycles. The zero-order valence-corrected chi connectivity index (χ0v) is 31.1. The van der Waals surface area contributed by atoms with Gasteiger partial charge in [-0.15, -0.1) is 0 Å². The number of hydrogen-bond donors (Lipinski definition) is 1. The number of hydrogen-bond acceptors (Lipinski definition) is 4. The summed E-state index contributed by atoms with van der Waals surface area (Å²) in [4.78, 5) is 4.74. The van der Waals surface area contributed by atoms with Crippen molar-refractivity contribution in [3.8, 4) is 0 Å². The van der Waals surface area contributed by atoms with Gasteiger partial charge in [-0.25, -0.2) is 4.57 Å². The van der Waals surface area contributed by atoms with E-state index in [1.54, 1.807) is 0 Å². The van der Waals surface area contributed by atoms with Crippen LogP contribution in [-0.2, 0) is 16.7 Å². The van der Waals surface area contributed by atoms with Crippen LogP contribution in [0, 0.1) is 0 Å². The SMILES string of the molecule is CCN(CC)c1ccc(C(=C(c2ccccc2)c2ccc(C=Cc3cc[n+](CCCS(=O)(=O)O)cc3)cc2)c2ccc(N(CC)CC)cc2)cc1. The van der Waals surface area contributed by atoms with E-state index in [0.29, 0.717) is 13.0 Å². The monoisotopic (exact) mass is 700 g/mol. The van der Waals surface area contributed by atoms with Crippen LogP contribution in [-0.4, -0.2) is 44.9 Å². The zero-order valence-electron chi connectivity index (χ0n) is 30.2. The van der Waals surface area contributed by atoms with E-state index in [9.17, 15) is 8.42 Å². The van der Waals surface area contributed by atoms with Gasteiger partial charge in [0.25, 0.3) is 10.1 Å². The van der Waals surface area contributed by atoms with Crippen molar-refractivity contribution < 1.29 is 17.5 Å². The third-order valence-electron chi connectivity index (χ3n) is 9.28. The van der Waals surface area contributed by atoms with Gasteiger partial charge in [0.1, 0.15) is 6.54 Å². The lowest BCUT2D eigenvalue weighted by molar-refractivity contribution is -0.696. The molecule has 4 aromatic carbocycles. The van der Waals surface area contributed by atoms with Gasteiger partial charge in [-0.05, 0) is 96.5 Å². The predicted molar refractivity (Wildman–Crippen MR) is 215 cm³/mol. The number of benzene rings is 4. The zero-order chi connectivity index (χ0) is 36.2. The standard InChI is InChI=1S/C44H49N3O3S/c1-5-46(6-2)41-25-21-39(22-26-41)44(40-23-27-42(28-24-40)47(7-3)8-4)43(37-13-10-9-11-14-37)38-19-17-35(18-20-38)15-16-36-29-32-45(33-30-36)31-12-34-51(48,49)50/h9-11,13-30,32-33H,5-8,12,31,34H2,1-4H3/p+1. The van der Waals surface area contributed by atoms with Crippen molar-refractivity contribution in [1.29, 1.82) is 0 Å². The highest BCUT2D eigenvalue weighted by molar-refractivity contribution is 7.85. The van der Waals surface area contributed by atoms with Gasteiger partial charge in [-0.3, -0.25) is 4.55 Å². The molecule has 0 fully saturated rings. The summed E-state index contributed by atoms with van der Waals surface area (Å²) in [6.45, 7) is 13.2. The van der Waals surface area contributed by atoms with Crippen LogP contribution in [0.3, 0.4) is 0 Å². The number of aromatic nitrogens is 1. The number of pyridine rings is 1. The molecule has 5 rings (SSSR count). The van der Waals surface area contributed by atoms with Gasteiger partial charge < -0.3 is 9.80 Å². The Balaban J connectivity index is 1.53. The van der Waals surface area contributed by atoms with Crippen LogP contribution in [0.5, 0.6) is 0 Å². The molecular formula is C44H50N3O3S+. The van der Waals surface area contributed by atoms with Gasteiger partial charge in [0.2, 0.25) is 0 Å². The number of nitrogens with zero attached hydrogens (tertiary/aromatic N) is 3. The molecule has 0 saturated carbocycles. The van der Waals surface area contributed by atoms with E-state index >= 15 is 0 Å². The minimum atomic E-state index is -3.94. The normalized spacial score (nSPS) is 11.5. The fourth-order valence-corrected chi connectivity index (χ4v) is 6.98. The maximum absolute atomic E-state index is 11.0. The van der Waals surface area contributed by atoms with E-state index < -0.39 is 10.1 Å². The Morgan fingerprint density at radius 2 is 0.961 bits per heavy atom. The number of rotatable bonds is 16. The third-order valence-corrected chi connectivity index (χ3v) is 10.1. The average Bonchev–Trinajstić information content (AvgIpc) is 3.15. The molecule has 0 bridgehead atoms. The molecular weight excluding hydrogens is 651 g/mol. The predicted octanol–water partition coefficient (Wildman–Crippen LogP) is 9.12. The van der Waals surface area contributed by atoms with E-state index in [2.05, 4.69) is 153 Å². The summed E-state index contributed by atoms with van der Waals surface area (Å²) >= 11 is 0. The van der Waals surface area contributed by atoms with Gasteiger partial charge in [0, 0.05) is 56.1 Å². The Hall–Kier alpha value is -4.98. The number of anilines is 2. The second kappa shape index (κ2) is 17.8. The second-order valence-electron chi connectivity index (χ2n) is 12.5. The van der Waals surface area contributed by atoms with Crippen LogP contribution in [0.2, 0.25) is 0 Å². The van der Waals surface area contributed by atoms with Crippen LogP contribution < -0.4 is 14.4 Å². The Morgan fingerprint density at radius 3 is 1.37 bits per heavy atom. The van der Waals surface area contributed by atoms with Crippen molar-refractivity contribution in [2.24, 2.45) is 0 Å². The Bertz CT molecular complexity index is 1940. The van der Waals surface area contributed by atoms with Crippen molar-refractivity contribution in [2.75, 3.05) is 41.7 Å². The van der Waals surface area contributed by atoms with Gasteiger partial charge in [0.05, 0.1) is 5.75 Å². The van der Waals surface area contributed by atoms with Crippen molar-refractivity contribution in [2.45, 2.75) is 40.7 Å². The highest BCUT2D eigenvalue weighted by Crippen LogP contribution is 2.38. The topological polar surface area (TPSA) is 64.7 Å². The smallest absolute Gasteiger partial charge is 0.265 e. The first kappa shape index (κ1) is 37.3. The maximum atomic E-state index is 11.0. The highest BCUT2D eigenvalue weighted by Gasteiger charge is 2.17. The third kappa shape index (κ3) is 10.1. The van der Waals surface area contributed by atoms with E-state index in [1.165, 1.54) is 33.6 Å². The fourth-order valence-electron chi connectivity index (χ4n) is 6.48. The molecule has 7 heteroatoms. The van der Waals surface area contributed by atoms with E-state index in [-0.39, 0.29) is 5.75 Å². The van der Waals surface area contributed by atoms with Crippen molar-refractivity contribution in [3.63, 3.8) is 0 Å². The second-order valence-corrected chi connectivity index (χ2v) is 14.1. The molecule has 0 saturated heterocycles. The molecule has 0 atom stereocenters. The lowest BCUT2D eigenvalue weighted by atomic mass is 9.85. The van der Waals surface area contributed by atoms with Crippen molar-refractivity contribution in [1.82, 2.24) is 0 Å². The van der Waals surface area contributed by atoms with Crippen LogP contribution in [0.4, 0.5) is 11.4 Å². The van der Waals surface area contributed by atoms with E-state index in [0.717, 1.165) is 48.4 Å². The fraction of sp³-hybridized carbons (Fsp3) is 0.250. The maximum Gasteiger partial charge on any atom is 0.265 e. The van der Waals surface area contributed by atoms with Gasteiger partial charge in [0.15, 0.2) is 12.4 Å². The van der Waals surface area contributed by atoms with Crippen molar-refractivity contribution in [3.05, 3.63) is 161 Å². The van der Waals surface area contributed by atoms with Crippen LogP contribution in [0.15, 0.2) is 128 Å². The quantitative estimate of drug-likeness (QED) is 0.0632. The molecule has 51 heavy (non-hydrogen) atoms. The number of aryl methyl sites for hydroxylation is 1. The van der Waals surface area contributed by atoms with Crippen LogP contribution >= 0.6 is 0 Å². The summed E-state index contributed by atoms with van der Waals surface area (Å²) in [5, 5.41) is 0. The average molecular weight is 701 g/mol.